The lowest BCUT2D eigenvalue weighted by Crippen LogP contribution is -2.43. The average Bonchev–Trinajstić information content (AvgIpc) is 2.91. The van der Waals surface area contributed by atoms with Crippen LogP contribution in [0.4, 0.5) is 5.69 Å². The van der Waals surface area contributed by atoms with Gasteiger partial charge in [0.15, 0.2) is 18.1 Å². The fourth-order valence-corrected chi connectivity index (χ4v) is 3.06. The Hall–Kier alpha value is -4.57. The van der Waals surface area contributed by atoms with Crippen molar-refractivity contribution in [3.63, 3.8) is 0 Å². The molecule has 3 aromatic rings. The molecule has 37 heavy (non-hydrogen) atoms. The number of hydrogen-bond acceptors (Lipinski definition) is 7. The number of hydrogen-bond donors (Lipinski definition) is 3. The van der Waals surface area contributed by atoms with E-state index in [2.05, 4.69) is 16.2 Å². The van der Waals surface area contributed by atoms with Crippen molar-refractivity contribution in [2.45, 2.75) is 12.8 Å². The normalized spacial score (nSPS) is 10.1. The van der Waals surface area contributed by atoms with Gasteiger partial charge in [0.1, 0.15) is 5.75 Å². The maximum absolute atomic E-state index is 12.1. The largest absolute Gasteiger partial charge is 0.493 e. The van der Waals surface area contributed by atoms with Gasteiger partial charge in [-0.3, -0.25) is 30.0 Å². The molecule has 0 aromatic heterocycles. The molecule has 10 nitrogen and oxygen atoms in total. The summed E-state index contributed by atoms with van der Waals surface area (Å²) in [5.74, 6) is -0.758. The summed E-state index contributed by atoms with van der Waals surface area (Å²) in [4.78, 5) is 47.7. The Balaban J connectivity index is 1.34. The van der Waals surface area contributed by atoms with Crippen molar-refractivity contribution >= 4 is 41.0 Å². The quantitative estimate of drug-likeness (QED) is 0.270. The van der Waals surface area contributed by atoms with Crippen molar-refractivity contribution in [2.75, 3.05) is 19.0 Å². The molecule has 0 aliphatic heterocycles. The van der Waals surface area contributed by atoms with E-state index < -0.39 is 30.3 Å². The predicted octanol–water partition coefficient (Wildman–Crippen LogP) is 3.86. The highest BCUT2D eigenvalue weighted by molar-refractivity contribution is 6.30. The summed E-state index contributed by atoms with van der Waals surface area (Å²) in [5, 5.41) is 3.13. The highest BCUT2D eigenvalue weighted by atomic mass is 35.5. The number of anilines is 1. The number of carbonyl (C=O) groups is 4. The molecule has 3 N–H and O–H groups in total. The van der Waals surface area contributed by atoms with E-state index in [1.54, 1.807) is 43.5 Å². The van der Waals surface area contributed by atoms with Gasteiger partial charge in [0.05, 0.1) is 13.5 Å². The van der Waals surface area contributed by atoms with Crippen molar-refractivity contribution in [3.8, 4) is 17.2 Å². The first-order chi connectivity index (χ1) is 17.8. The number of hydrazine groups is 1. The topological polar surface area (TPSA) is 132 Å². The van der Waals surface area contributed by atoms with Crippen LogP contribution < -0.4 is 25.6 Å². The van der Waals surface area contributed by atoms with Crippen molar-refractivity contribution in [1.82, 2.24) is 10.9 Å². The number of halogens is 1. The second kappa shape index (κ2) is 13.5. The van der Waals surface area contributed by atoms with Crippen LogP contribution in [0.5, 0.6) is 17.2 Å². The Kier molecular flexibility index (Phi) is 9.86. The highest BCUT2D eigenvalue weighted by Gasteiger charge is 2.12. The zero-order chi connectivity index (χ0) is 26.6. The first-order valence-corrected chi connectivity index (χ1v) is 11.4. The zero-order valence-electron chi connectivity index (χ0n) is 19.8. The fraction of sp³-hybridized carbons (Fsp3) is 0.154. The summed E-state index contributed by atoms with van der Waals surface area (Å²) in [6.45, 7) is -0.616. The number of nitrogens with one attached hydrogen (secondary N) is 3. The van der Waals surface area contributed by atoms with Crippen molar-refractivity contribution in [1.29, 1.82) is 0 Å². The summed E-state index contributed by atoms with van der Waals surface area (Å²) in [7, 11) is 1.55. The maximum atomic E-state index is 12.1. The Morgan fingerprint density at radius 2 is 1.46 bits per heavy atom. The summed E-state index contributed by atoms with van der Waals surface area (Å²) in [6.07, 6.45) is -0.377. The van der Waals surface area contributed by atoms with Gasteiger partial charge in [-0.1, -0.05) is 23.7 Å². The van der Waals surface area contributed by atoms with Gasteiger partial charge in [0.25, 0.3) is 11.8 Å². The molecule has 3 aromatic carbocycles. The number of esters is 1. The molecule has 3 rings (SSSR count). The standard InChI is InChI=1S/C26H24ClN3O7/c1-35-21-4-2-3-5-22(21)37-20-12-10-19(11-13-20)28-23(31)14-15-25(33)36-16-24(32)29-30-26(34)17-6-8-18(27)9-7-17/h2-13H,14-16H2,1H3,(H,28,31)(H,29,32)(H,30,34). The van der Waals surface area contributed by atoms with E-state index >= 15 is 0 Å². The number of methoxy groups -OCH3 is 1. The summed E-state index contributed by atoms with van der Waals surface area (Å²) in [6, 6.07) is 19.9. The number of benzene rings is 3. The van der Waals surface area contributed by atoms with Gasteiger partial charge in [-0.25, -0.2) is 0 Å². The molecule has 0 atom stereocenters. The minimum atomic E-state index is -0.741. The second-order valence-electron chi connectivity index (χ2n) is 7.50. The van der Waals surface area contributed by atoms with Crippen LogP contribution in [-0.2, 0) is 19.1 Å². The van der Waals surface area contributed by atoms with E-state index in [4.69, 9.17) is 25.8 Å². The van der Waals surface area contributed by atoms with Crippen molar-refractivity contribution < 1.29 is 33.4 Å². The van der Waals surface area contributed by atoms with Crippen LogP contribution >= 0.6 is 11.6 Å². The smallest absolute Gasteiger partial charge is 0.306 e. The number of para-hydroxylation sites is 2. The second-order valence-corrected chi connectivity index (χ2v) is 7.93. The van der Waals surface area contributed by atoms with Gasteiger partial charge < -0.3 is 19.5 Å². The molecule has 0 bridgehead atoms. The van der Waals surface area contributed by atoms with Crippen LogP contribution in [0.15, 0.2) is 72.8 Å². The van der Waals surface area contributed by atoms with Crippen LogP contribution in [0.1, 0.15) is 23.2 Å². The molecule has 3 amide bonds. The summed E-state index contributed by atoms with van der Waals surface area (Å²) in [5.41, 5.74) is 5.12. The molecule has 0 saturated heterocycles. The third kappa shape index (κ3) is 8.86. The Morgan fingerprint density at radius 1 is 0.784 bits per heavy atom. The number of ether oxygens (including phenoxy) is 3. The average molecular weight is 526 g/mol. The van der Waals surface area contributed by atoms with Crippen LogP contribution in [-0.4, -0.2) is 37.4 Å². The van der Waals surface area contributed by atoms with Gasteiger partial charge in [0, 0.05) is 22.7 Å². The molecule has 0 fully saturated rings. The number of amides is 3. The SMILES string of the molecule is COc1ccccc1Oc1ccc(NC(=O)CCC(=O)OCC(=O)NNC(=O)c2ccc(Cl)cc2)cc1. The van der Waals surface area contributed by atoms with E-state index in [-0.39, 0.29) is 18.4 Å². The van der Waals surface area contributed by atoms with Gasteiger partial charge in [-0.2, -0.15) is 0 Å². The van der Waals surface area contributed by atoms with E-state index in [9.17, 15) is 19.2 Å². The summed E-state index contributed by atoms with van der Waals surface area (Å²) >= 11 is 5.76. The Bertz CT molecular complexity index is 1250. The van der Waals surface area contributed by atoms with Crippen LogP contribution in [0.2, 0.25) is 5.02 Å². The lowest BCUT2D eigenvalue weighted by molar-refractivity contribution is -0.149. The molecule has 0 aliphatic carbocycles. The number of rotatable bonds is 10. The van der Waals surface area contributed by atoms with E-state index in [1.807, 2.05) is 12.1 Å². The molecule has 0 heterocycles. The van der Waals surface area contributed by atoms with E-state index in [0.717, 1.165) is 0 Å². The first-order valence-electron chi connectivity index (χ1n) is 11.0. The lowest BCUT2D eigenvalue weighted by atomic mass is 10.2. The molecular formula is C26H24ClN3O7. The lowest BCUT2D eigenvalue weighted by Gasteiger charge is -2.11. The fourth-order valence-electron chi connectivity index (χ4n) is 2.93. The molecule has 192 valence electrons. The zero-order valence-corrected chi connectivity index (χ0v) is 20.5. The Morgan fingerprint density at radius 3 is 2.14 bits per heavy atom. The van der Waals surface area contributed by atoms with Crippen molar-refractivity contribution in [2.24, 2.45) is 0 Å². The minimum Gasteiger partial charge on any atom is -0.493 e. The van der Waals surface area contributed by atoms with Crippen molar-refractivity contribution in [3.05, 3.63) is 83.4 Å². The van der Waals surface area contributed by atoms with E-state index in [1.165, 1.54) is 24.3 Å². The van der Waals surface area contributed by atoms with Crippen LogP contribution in [0.25, 0.3) is 0 Å². The molecule has 0 aliphatic rings. The van der Waals surface area contributed by atoms with Gasteiger partial charge >= 0.3 is 5.97 Å². The van der Waals surface area contributed by atoms with E-state index in [0.29, 0.717) is 28.0 Å². The van der Waals surface area contributed by atoms with Crippen LogP contribution in [0, 0.1) is 0 Å². The molecule has 0 saturated carbocycles. The third-order valence-electron chi connectivity index (χ3n) is 4.78. The first kappa shape index (κ1) is 27.0. The molecule has 0 spiro atoms. The number of carbonyl (C=O) groups excluding carboxylic acids is 4. The minimum absolute atomic E-state index is 0.146. The predicted molar refractivity (Wildman–Crippen MR) is 135 cm³/mol. The van der Waals surface area contributed by atoms with Gasteiger partial charge in [-0.15, -0.1) is 0 Å². The van der Waals surface area contributed by atoms with Gasteiger partial charge in [0.2, 0.25) is 5.91 Å². The molecule has 0 radical (unpaired) electrons. The molecule has 0 unspecified atom stereocenters. The monoisotopic (exact) mass is 525 g/mol. The Labute approximate surface area is 217 Å². The maximum Gasteiger partial charge on any atom is 0.306 e. The third-order valence-corrected chi connectivity index (χ3v) is 5.03. The summed E-state index contributed by atoms with van der Waals surface area (Å²) < 4.78 is 15.9. The van der Waals surface area contributed by atoms with Gasteiger partial charge in [-0.05, 0) is 60.7 Å². The highest BCUT2D eigenvalue weighted by Crippen LogP contribution is 2.31. The molecule has 11 heteroatoms. The van der Waals surface area contributed by atoms with Crippen LogP contribution in [0.3, 0.4) is 0 Å². The molecular weight excluding hydrogens is 502 g/mol.